The van der Waals surface area contributed by atoms with Crippen molar-refractivity contribution in [3.8, 4) is 0 Å². The highest BCUT2D eigenvalue weighted by Gasteiger charge is 2.27. The number of esters is 1. The molecule has 0 spiro atoms. The van der Waals surface area contributed by atoms with E-state index in [2.05, 4.69) is 10.1 Å². The Balaban J connectivity index is 0.00000361. The maximum Gasteiger partial charge on any atom is 0.337 e. The number of anilines is 1. The van der Waals surface area contributed by atoms with Gasteiger partial charge in [0.1, 0.15) is 0 Å². The van der Waals surface area contributed by atoms with Gasteiger partial charge in [-0.05, 0) is 37.6 Å². The number of hydrogen-bond donors (Lipinski definition) is 2. The average Bonchev–Trinajstić information content (AvgIpc) is 2.38. The van der Waals surface area contributed by atoms with Crippen LogP contribution in [0.4, 0.5) is 5.69 Å². The predicted molar refractivity (Wildman–Crippen MR) is 81.2 cm³/mol. The van der Waals surface area contributed by atoms with Crippen molar-refractivity contribution in [2.24, 2.45) is 5.73 Å². The molecule has 1 aromatic rings. The Bertz CT molecular complexity index is 458. The van der Waals surface area contributed by atoms with Crippen LogP contribution in [0.25, 0.3) is 0 Å². The Morgan fingerprint density at radius 3 is 2.30 bits per heavy atom. The number of nitrogens with two attached hydrogens (primary N) is 1. The molecule has 1 amide bonds. The molecular weight excluding hydrogens is 280 g/mol. The van der Waals surface area contributed by atoms with E-state index in [9.17, 15) is 9.59 Å². The Morgan fingerprint density at radius 1 is 1.30 bits per heavy atom. The number of hydrogen-bond acceptors (Lipinski definition) is 4. The molecule has 3 N–H and O–H groups in total. The van der Waals surface area contributed by atoms with Crippen LogP contribution in [-0.2, 0) is 9.53 Å². The molecule has 0 aromatic heterocycles. The Labute approximate surface area is 125 Å². The van der Waals surface area contributed by atoms with Gasteiger partial charge >= 0.3 is 5.97 Å². The zero-order valence-corrected chi connectivity index (χ0v) is 12.8. The number of ether oxygens (including phenoxy) is 1. The van der Waals surface area contributed by atoms with E-state index in [1.165, 1.54) is 7.11 Å². The molecule has 5 nitrogen and oxygen atoms in total. The van der Waals surface area contributed by atoms with Crippen LogP contribution in [0, 0.1) is 0 Å². The largest absolute Gasteiger partial charge is 0.465 e. The number of carbonyl (C=O) groups excluding carboxylic acids is 2. The second kappa shape index (κ2) is 7.87. The fourth-order valence-electron chi connectivity index (χ4n) is 1.71. The van der Waals surface area contributed by atoms with Crippen LogP contribution in [0.15, 0.2) is 24.3 Å². The molecule has 20 heavy (non-hydrogen) atoms. The third-order valence-electron chi connectivity index (χ3n) is 2.85. The summed E-state index contributed by atoms with van der Waals surface area (Å²) in [6.45, 7) is 3.68. The van der Waals surface area contributed by atoms with Crippen molar-refractivity contribution >= 4 is 30.0 Å². The first-order chi connectivity index (χ1) is 8.90. The van der Waals surface area contributed by atoms with E-state index < -0.39 is 11.5 Å². The van der Waals surface area contributed by atoms with Gasteiger partial charge in [0.05, 0.1) is 18.2 Å². The maximum atomic E-state index is 12.0. The quantitative estimate of drug-likeness (QED) is 0.818. The van der Waals surface area contributed by atoms with Crippen LogP contribution in [-0.4, -0.2) is 24.5 Å². The summed E-state index contributed by atoms with van der Waals surface area (Å²) >= 11 is 0. The number of nitrogens with one attached hydrogen (secondary N) is 1. The molecule has 0 fully saturated rings. The van der Waals surface area contributed by atoms with Crippen molar-refractivity contribution in [1.29, 1.82) is 0 Å². The minimum Gasteiger partial charge on any atom is -0.465 e. The third kappa shape index (κ3) is 4.83. The molecule has 1 aromatic carbocycles. The molecule has 1 unspecified atom stereocenters. The number of carbonyl (C=O) groups is 2. The van der Waals surface area contributed by atoms with Crippen molar-refractivity contribution in [3.05, 3.63) is 29.8 Å². The van der Waals surface area contributed by atoms with Crippen LogP contribution in [0.1, 0.15) is 37.0 Å². The van der Waals surface area contributed by atoms with E-state index in [1.54, 1.807) is 31.2 Å². The van der Waals surface area contributed by atoms with E-state index in [0.29, 0.717) is 17.7 Å². The lowest BCUT2D eigenvalue weighted by Crippen LogP contribution is -2.48. The summed E-state index contributed by atoms with van der Waals surface area (Å²) in [6.07, 6.45) is 1.45. The van der Waals surface area contributed by atoms with Crippen LogP contribution >= 0.6 is 12.4 Å². The molecule has 0 radical (unpaired) electrons. The van der Waals surface area contributed by atoms with Gasteiger partial charge in [0.2, 0.25) is 5.91 Å². The van der Waals surface area contributed by atoms with Gasteiger partial charge in [-0.1, -0.05) is 13.3 Å². The smallest absolute Gasteiger partial charge is 0.337 e. The van der Waals surface area contributed by atoms with Gasteiger partial charge in [-0.25, -0.2) is 4.79 Å². The molecule has 1 atom stereocenters. The summed E-state index contributed by atoms with van der Waals surface area (Å²) < 4.78 is 4.60. The first-order valence-corrected chi connectivity index (χ1v) is 6.19. The number of benzene rings is 1. The minimum atomic E-state index is -0.893. The lowest BCUT2D eigenvalue weighted by molar-refractivity contribution is -0.120. The monoisotopic (exact) mass is 300 g/mol. The molecule has 112 valence electrons. The van der Waals surface area contributed by atoms with E-state index in [-0.39, 0.29) is 18.3 Å². The topological polar surface area (TPSA) is 81.4 Å². The average molecular weight is 301 g/mol. The highest BCUT2D eigenvalue weighted by molar-refractivity contribution is 5.98. The van der Waals surface area contributed by atoms with Crippen molar-refractivity contribution in [3.63, 3.8) is 0 Å². The Morgan fingerprint density at radius 2 is 1.85 bits per heavy atom. The van der Waals surface area contributed by atoms with Crippen molar-refractivity contribution < 1.29 is 14.3 Å². The first kappa shape index (κ1) is 18.4. The normalized spacial score (nSPS) is 12.8. The zero-order chi connectivity index (χ0) is 14.5. The van der Waals surface area contributed by atoms with E-state index in [0.717, 1.165) is 6.42 Å². The summed E-state index contributed by atoms with van der Waals surface area (Å²) in [4.78, 5) is 23.2. The summed E-state index contributed by atoms with van der Waals surface area (Å²) in [6, 6.07) is 6.47. The zero-order valence-electron chi connectivity index (χ0n) is 11.9. The summed E-state index contributed by atoms with van der Waals surface area (Å²) in [5.74, 6) is -0.646. The maximum absolute atomic E-state index is 12.0. The van der Waals surface area contributed by atoms with Gasteiger partial charge in [0, 0.05) is 5.69 Å². The van der Waals surface area contributed by atoms with Gasteiger partial charge in [-0.2, -0.15) is 0 Å². The van der Waals surface area contributed by atoms with Crippen molar-refractivity contribution in [2.75, 3.05) is 12.4 Å². The highest BCUT2D eigenvalue weighted by Crippen LogP contribution is 2.15. The molecule has 0 aliphatic carbocycles. The molecular formula is C14H21ClN2O3. The number of methoxy groups -OCH3 is 1. The second-order valence-electron chi connectivity index (χ2n) is 4.69. The Kier molecular flexibility index (Phi) is 7.24. The lowest BCUT2D eigenvalue weighted by Gasteiger charge is -2.22. The summed E-state index contributed by atoms with van der Waals surface area (Å²) in [5.41, 5.74) is 6.08. The molecule has 1 rings (SSSR count). The highest BCUT2D eigenvalue weighted by atomic mass is 35.5. The SMILES string of the molecule is CCCC(C)(N)C(=O)Nc1ccc(C(=O)OC)cc1.Cl. The van der Waals surface area contributed by atoms with Crippen molar-refractivity contribution in [2.45, 2.75) is 32.2 Å². The van der Waals surface area contributed by atoms with E-state index in [4.69, 9.17) is 5.73 Å². The van der Waals surface area contributed by atoms with Crippen LogP contribution < -0.4 is 11.1 Å². The lowest BCUT2D eigenvalue weighted by atomic mass is 9.96. The fraction of sp³-hybridized carbons (Fsp3) is 0.429. The number of amides is 1. The van der Waals surface area contributed by atoms with E-state index in [1.807, 2.05) is 6.92 Å². The van der Waals surface area contributed by atoms with Gasteiger partial charge in [-0.15, -0.1) is 12.4 Å². The standard InChI is InChI=1S/C14H20N2O3.ClH/c1-4-9-14(2,15)13(18)16-11-7-5-10(6-8-11)12(17)19-3;/h5-8H,4,9,15H2,1-3H3,(H,16,18);1H. The fourth-order valence-corrected chi connectivity index (χ4v) is 1.71. The number of rotatable bonds is 5. The van der Waals surface area contributed by atoms with E-state index >= 15 is 0 Å². The van der Waals surface area contributed by atoms with Gasteiger partial charge < -0.3 is 15.8 Å². The van der Waals surface area contributed by atoms with Crippen LogP contribution in [0.3, 0.4) is 0 Å². The van der Waals surface area contributed by atoms with Crippen LogP contribution in [0.2, 0.25) is 0 Å². The summed E-state index contributed by atoms with van der Waals surface area (Å²) in [7, 11) is 1.32. The first-order valence-electron chi connectivity index (χ1n) is 6.19. The summed E-state index contributed by atoms with van der Waals surface area (Å²) in [5, 5.41) is 2.74. The predicted octanol–water partition coefficient (Wildman–Crippen LogP) is 2.35. The van der Waals surface area contributed by atoms with Crippen LogP contribution in [0.5, 0.6) is 0 Å². The molecule has 0 saturated heterocycles. The molecule has 0 heterocycles. The third-order valence-corrected chi connectivity index (χ3v) is 2.85. The van der Waals surface area contributed by atoms with Gasteiger partial charge in [0.25, 0.3) is 0 Å². The van der Waals surface area contributed by atoms with Gasteiger partial charge in [0.15, 0.2) is 0 Å². The molecule has 0 saturated carbocycles. The van der Waals surface area contributed by atoms with Gasteiger partial charge in [-0.3, -0.25) is 4.79 Å². The number of halogens is 1. The second-order valence-corrected chi connectivity index (χ2v) is 4.69. The Hall–Kier alpha value is -1.59. The minimum absolute atomic E-state index is 0. The van der Waals surface area contributed by atoms with Crippen molar-refractivity contribution in [1.82, 2.24) is 0 Å². The molecule has 6 heteroatoms. The molecule has 0 aliphatic heterocycles. The molecule has 0 bridgehead atoms. The molecule has 0 aliphatic rings.